The van der Waals surface area contributed by atoms with Gasteiger partial charge in [0.15, 0.2) is 0 Å². The van der Waals surface area contributed by atoms with Crippen molar-refractivity contribution in [3.8, 4) is 16.9 Å². The van der Waals surface area contributed by atoms with Crippen LogP contribution in [0.1, 0.15) is 29.8 Å². The average molecular weight is 1200 g/mol. The van der Waals surface area contributed by atoms with Crippen molar-refractivity contribution in [1.29, 1.82) is 0 Å². The maximum absolute atomic E-state index is 6.72. The number of morpholine rings is 1. The number of nitrogens with two attached hydrogens (primary N) is 1. The van der Waals surface area contributed by atoms with Gasteiger partial charge in [-0.3, -0.25) is 4.90 Å². The molecule has 4 aromatic rings. The molecule has 0 amide bonds. The number of halogens is 1. The van der Waals surface area contributed by atoms with Gasteiger partial charge in [0.1, 0.15) is 23.9 Å². The molecule has 0 bridgehead atoms. The highest BCUT2D eigenvalue weighted by molar-refractivity contribution is 6.32. The van der Waals surface area contributed by atoms with Gasteiger partial charge in [-0.1, -0.05) is 28.9 Å². The van der Waals surface area contributed by atoms with Crippen molar-refractivity contribution in [2.24, 2.45) is 5.73 Å². The van der Waals surface area contributed by atoms with Crippen LogP contribution in [0.5, 0.6) is 5.75 Å². The second-order valence-corrected chi connectivity index (χ2v) is 19.5. The first-order valence-corrected chi connectivity index (χ1v) is 29.8. The number of benzene rings is 2. The Morgan fingerprint density at radius 2 is 0.928 bits per heavy atom. The van der Waals surface area contributed by atoms with E-state index in [1.165, 1.54) is 0 Å². The van der Waals surface area contributed by atoms with Gasteiger partial charge in [-0.2, -0.15) is 0 Å². The Labute approximate surface area is 496 Å². The van der Waals surface area contributed by atoms with E-state index in [0.717, 1.165) is 90.7 Å². The molecule has 1 atom stereocenters. The second-order valence-electron chi connectivity index (χ2n) is 19.1. The molecular formula is C59H96ClN5O18. The summed E-state index contributed by atoms with van der Waals surface area (Å²) in [5.74, 6) is 2.46. The Bertz CT molecular complexity index is 2190. The van der Waals surface area contributed by atoms with Crippen LogP contribution in [0.3, 0.4) is 0 Å². The summed E-state index contributed by atoms with van der Waals surface area (Å²) in [5, 5.41) is 4.74. The summed E-state index contributed by atoms with van der Waals surface area (Å²) in [6, 6.07) is 12.8. The monoisotopic (exact) mass is 1200 g/mol. The Morgan fingerprint density at radius 1 is 0.518 bits per heavy atom. The summed E-state index contributed by atoms with van der Waals surface area (Å²) >= 11 is 6.72. The largest absolute Gasteiger partial charge is 0.490 e. The van der Waals surface area contributed by atoms with Gasteiger partial charge in [-0.05, 0) is 62.6 Å². The van der Waals surface area contributed by atoms with Crippen LogP contribution in [0.2, 0.25) is 5.02 Å². The number of aromatic nitrogens is 3. The van der Waals surface area contributed by atoms with Crippen LogP contribution in [0.15, 0.2) is 40.9 Å². The molecule has 2 aromatic heterocycles. The number of fused-ring (bicyclic) bond motifs is 1. The first-order valence-electron chi connectivity index (χ1n) is 29.5. The molecule has 2 N–H and O–H groups in total. The zero-order chi connectivity index (χ0) is 58.5. The molecule has 0 unspecified atom stereocenters. The molecule has 472 valence electrons. The minimum absolute atomic E-state index is 0.328. The molecule has 0 aliphatic carbocycles. The number of rotatable bonds is 55. The summed E-state index contributed by atoms with van der Waals surface area (Å²) in [7, 11) is 0. The molecule has 5 rings (SSSR count). The van der Waals surface area contributed by atoms with Gasteiger partial charge in [0.25, 0.3) is 0 Å². The molecule has 0 saturated carbocycles. The number of hydrogen-bond donors (Lipinski definition) is 1. The summed E-state index contributed by atoms with van der Waals surface area (Å²) in [5.41, 5.74) is 11.5. The van der Waals surface area contributed by atoms with E-state index in [0.29, 0.717) is 228 Å². The highest BCUT2D eigenvalue weighted by atomic mass is 35.5. The second kappa shape index (κ2) is 46.7. The van der Waals surface area contributed by atoms with Crippen LogP contribution in [-0.2, 0) is 95.2 Å². The lowest BCUT2D eigenvalue weighted by Crippen LogP contribution is -2.44. The first-order chi connectivity index (χ1) is 40.9. The van der Waals surface area contributed by atoms with Gasteiger partial charge in [0.2, 0.25) is 0 Å². The summed E-state index contributed by atoms with van der Waals surface area (Å²) in [4.78, 5) is 7.69. The Kier molecular flexibility index (Phi) is 39.5. The average Bonchev–Trinajstić information content (AvgIpc) is 3.68. The predicted octanol–water partition coefficient (Wildman–Crippen LogP) is 5.05. The van der Waals surface area contributed by atoms with E-state index in [4.69, 9.17) is 107 Å². The summed E-state index contributed by atoms with van der Waals surface area (Å²) < 4.78 is 102. The smallest absolute Gasteiger partial charge is 0.141 e. The SMILES string of the molecule is Cc1noc(C)c1-c1ccc2c(c1)nc(CCc1ccc(OCCOCCOCCOCCOCCOCCOCCOCCOCCOCCOCCOCCOCCOCCOCCOCCN)c(Cl)c1)n2C[C@H](C)N1CCOCC1. The molecule has 0 spiro atoms. The van der Waals surface area contributed by atoms with Gasteiger partial charge in [0.05, 0.1) is 233 Å². The van der Waals surface area contributed by atoms with Gasteiger partial charge in [0, 0.05) is 44.2 Å². The fraction of sp³-hybridized carbons (Fsp3) is 0.729. The number of hydrogen-bond acceptors (Lipinski definition) is 22. The lowest BCUT2D eigenvalue weighted by atomic mass is 10.0. The normalized spacial score (nSPS) is 13.5. The van der Waals surface area contributed by atoms with E-state index in [-0.39, 0.29) is 0 Å². The first kappa shape index (κ1) is 70.3. The van der Waals surface area contributed by atoms with Crippen molar-refractivity contribution >= 4 is 22.6 Å². The third-order valence-electron chi connectivity index (χ3n) is 12.9. The topological polar surface area (TPSA) is 230 Å². The van der Waals surface area contributed by atoms with Crippen LogP contribution in [0, 0.1) is 13.8 Å². The molecule has 0 radical (unpaired) electrons. The van der Waals surface area contributed by atoms with E-state index in [1.54, 1.807) is 0 Å². The quantitative estimate of drug-likeness (QED) is 0.0570. The maximum atomic E-state index is 6.72. The van der Waals surface area contributed by atoms with Gasteiger partial charge >= 0.3 is 0 Å². The Balaban J connectivity index is 0.732. The fourth-order valence-corrected chi connectivity index (χ4v) is 8.83. The lowest BCUT2D eigenvalue weighted by Gasteiger charge is -2.32. The standard InChI is InChI=1S/C59H96ClN5O18/c1-49(64-11-14-67-15-12-64)48-65-56-7-6-53(59-50(2)63-83-51(59)3)47-55(56)62-58(65)9-5-52-4-8-57(54(60)46-52)82-45-44-81-43-42-80-41-40-79-39-38-78-37-36-77-35-34-76-33-32-75-31-30-74-29-28-73-27-26-72-25-24-71-23-22-70-21-20-69-19-18-68-17-16-66-13-10-61/h4,6-8,46-47,49H,5,9-45,48,61H2,1-3H3/t49-/m0/s1. The minimum Gasteiger partial charge on any atom is -0.490 e. The molecule has 1 fully saturated rings. The van der Waals surface area contributed by atoms with Crippen molar-refractivity contribution in [1.82, 2.24) is 19.6 Å². The molecule has 1 saturated heterocycles. The number of imidazole rings is 1. The molecule has 1 aliphatic heterocycles. The molecule has 24 heteroatoms. The highest BCUT2D eigenvalue weighted by Crippen LogP contribution is 2.31. The maximum Gasteiger partial charge on any atom is 0.141 e. The van der Waals surface area contributed by atoms with Gasteiger partial charge < -0.3 is 95.4 Å². The Morgan fingerprint density at radius 3 is 1.31 bits per heavy atom. The van der Waals surface area contributed by atoms with E-state index in [1.807, 2.05) is 26.0 Å². The molecule has 1 aliphatic rings. The van der Waals surface area contributed by atoms with Crippen LogP contribution < -0.4 is 10.5 Å². The van der Waals surface area contributed by atoms with Crippen molar-refractivity contribution < 1.29 is 85.0 Å². The third kappa shape index (κ3) is 31.1. The van der Waals surface area contributed by atoms with E-state index in [9.17, 15) is 0 Å². The third-order valence-corrected chi connectivity index (χ3v) is 13.1. The zero-order valence-corrected chi connectivity index (χ0v) is 50.5. The molecule has 2 aromatic carbocycles. The molecule has 3 heterocycles. The molecular weight excluding hydrogens is 1100 g/mol. The number of ether oxygens (including phenoxy) is 17. The summed E-state index contributed by atoms with van der Waals surface area (Å²) in [6.07, 6.45) is 1.53. The van der Waals surface area contributed by atoms with E-state index in [2.05, 4.69) is 45.8 Å². The number of aryl methyl sites for hydroxylation is 4. The van der Waals surface area contributed by atoms with E-state index < -0.39 is 0 Å². The summed E-state index contributed by atoms with van der Waals surface area (Å²) in [6.45, 7) is 26.0. The van der Waals surface area contributed by atoms with E-state index >= 15 is 0 Å². The van der Waals surface area contributed by atoms with Crippen molar-refractivity contribution in [2.75, 3.05) is 238 Å². The van der Waals surface area contributed by atoms with Crippen LogP contribution in [-0.4, -0.2) is 263 Å². The molecule has 23 nitrogen and oxygen atoms in total. The molecule has 83 heavy (non-hydrogen) atoms. The fourth-order valence-electron chi connectivity index (χ4n) is 8.57. The van der Waals surface area contributed by atoms with Crippen LogP contribution >= 0.6 is 11.6 Å². The minimum atomic E-state index is 0.328. The van der Waals surface area contributed by atoms with Gasteiger partial charge in [-0.25, -0.2) is 4.98 Å². The highest BCUT2D eigenvalue weighted by Gasteiger charge is 2.22. The van der Waals surface area contributed by atoms with Crippen LogP contribution in [0.4, 0.5) is 0 Å². The zero-order valence-electron chi connectivity index (χ0n) is 49.7. The van der Waals surface area contributed by atoms with Gasteiger partial charge in [-0.15, -0.1) is 0 Å². The van der Waals surface area contributed by atoms with Crippen LogP contribution in [0.25, 0.3) is 22.2 Å². The van der Waals surface area contributed by atoms with Crippen molar-refractivity contribution in [3.05, 3.63) is 64.3 Å². The lowest BCUT2D eigenvalue weighted by molar-refractivity contribution is -0.0301. The Hall–Kier alpha value is -3.51. The van der Waals surface area contributed by atoms with Crippen molar-refractivity contribution in [2.45, 2.75) is 46.2 Å². The van der Waals surface area contributed by atoms with Crippen molar-refractivity contribution in [3.63, 3.8) is 0 Å². The predicted molar refractivity (Wildman–Crippen MR) is 312 cm³/mol. The number of nitrogens with zero attached hydrogens (tertiary/aromatic N) is 4.